The van der Waals surface area contributed by atoms with E-state index in [-0.39, 0.29) is 36.8 Å². The third-order valence-corrected chi connectivity index (χ3v) is 7.08. The summed E-state index contributed by atoms with van der Waals surface area (Å²) in [5, 5.41) is 10.5. The number of carbonyl (C=O) groups is 1. The Labute approximate surface area is 188 Å². The summed E-state index contributed by atoms with van der Waals surface area (Å²) in [7, 11) is 1.30. The zero-order valence-corrected chi connectivity index (χ0v) is 19.3. The molecule has 1 aliphatic carbocycles. The smallest absolute Gasteiger partial charge is 0.397 e. The molecular weight excluding hydrogens is 428 g/mol. The molecule has 1 N–H and O–H groups in total. The van der Waals surface area contributed by atoms with Crippen LogP contribution in [0.4, 0.5) is 17.6 Å². The molecule has 8 atom stereocenters. The first-order valence-electron chi connectivity index (χ1n) is 11.4. The molecule has 0 aromatic rings. The average molecular weight is 465 g/mol. The first-order chi connectivity index (χ1) is 15.0. The molecule has 0 bridgehead atoms. The molecule has 4 nitrogen and oxygen atoms in total. The molecule has 1 aliphatic heterocycles. The summed E-state index contributed by atoms with van der Waals surface area (Å²) in [5.41, 5.74) is -2.24. The maximum atomic E-state index is 15.2. The van der Waals surface area contributed by atoms with Gasteiger partial charge in [-0.2, -0.15) is 13.2 Å². The van der Waals surface area contributed by atoms with Gasteiger partial charge in [-0.3, -0.25) is 4.79 Å². The molecule has 2 fully saturated rings. The second-order valence-electron chi connectivity index (χ2n) is 9.34. The number of fused-ring (bicyclic) bond motifs is 1. The van der Waals surface area contributed by atoms with E-state index in [0.717, 1.165) is 6.92 Å². The van der Waals surface area contributed by atoms with Gasteiger partial charge in [-0.1, -0.05) is 51.0 Å². The number of unbranched alkanes of at least 4 members (excludes halogenated alkanes) is 1. The van der Waals surface area contributed by atoms with Gasteiger partial charge in [0.05, 0.1) is 24.7 Å². The maximum absolute atomic E-state index is 15.2. The molecule has 0 aromatic carbocycles. The highest BCUT2D eigenvalue weighted by Gasteiger charge is 2.55. The zero-order valence-electron chi connectivity index (χ0n) is 19.3. The average Bonchev–Trinajstić information content (AvgIpc) is 3.20. The molecule has 0 aromatic heterocycles. The molecule has 32 heavy (non-hydrogen) atoms. The van der Waals surface area contributed by atoms with Crippen LogP contribution in [0.5, 0.6) is 0 Å². The summed E-state index contributed by atoms with van der Waals surface area (Å²) in [5.74, 6) is -1.11. The van der Waals surface area contributed by atoms with Gasteiger partial charge in [0.15, 0.2) is 0 Å². The summed E-state index contributed by atoms with van der Waals surface area (Å²) in [6.07, 6.45) is -0.554. The van der Waals surface area contributed by atoms with Crippen LogP contribution < -0.4 is 0 Å². The van der Waals surface area contributed by atoms with E-state index in [0.29, 0.717) is 25.7 Å². The summed E-state index contributed by atoms with van der Waals surface area (Å²) in [4.78, 5) is 11.2. The van der Waals surface area contributed by atoms with E-state index >= 15 is 4.39 Å². The van der Waals surface area contributed by atoms with Gasteiger partial charge >= 0.3 is 12.1 Å². The van der Waals surface area contributed by atoms with E-state index < -0.39 is 35.9 Å². The van der Waals surface area contributed by atoms with Crippen LogP contribution in [0, 0.1) is 23.2 Å². The van der Waals surface area contributed by atoms with Crippen molar-refractivity contribution in [3.63, 3.8) is 0 Å². The number of aliphatic hydroxyl groups excluding tert-OH is 1. The van der Waals surface area contributed by atoms with Crippen molar-refractivity contribution in [1.82, 2.24) is 0 Å². The number of hydrogen-bond donors (Lipinski definition) is 1. The molecule has 2 rings (SSSR count). The minimum absolute atomic E-state index is 0.0312. The topological polar surface area (TPSA) is 55.8 Å². The second kappa shape index (κ2) is 11.1. The standard InChI is InChI=1S/C24H36F4O4/c1-5-6-13-23(3,24(26,27)28)19(29)12-11-16-15(2)14-18-21(16)22(25)17(32-18)9-7-8-10-20(30)31-4/h7,9,11-12,15-19,21-22,29H,5-6,8,10,13-14H2,1-4H3/b9-7+,12-11+/t15-,16+,17?,18+,19-,21-,22?,23?/m1/s1. The number of halogens is 4. The Morgan fingerprint density at radius 3 is 2.59 bits per heavy atom. The van der Waals surface area contributed by atoms with E-state index in [1.54, 1.807) is 25.2 Å². The molecule has 0 amide bonds. The third-order valence-electron chi connectivity index (χ3n) is 7.08. The first kappa shape index (κ1) is 26.8. The van der Waals surface area contributed by atoms with Crippen molar-refractivity contribution in [1.29, 1.82) is 0 Å². The van der Waals surface area contributed by atoms with Gasteiger partial charge < -0.3 is 14.6 Å². The van der Waals surface area contributed by atoms with Gasteiger partial charge in [-0.15, -0.1) is 0 Å². The van der Waals surface area contributed by atoms with Crippen molar-refractivity contribution in [3.05, 3.63) is 24.3 Å². The van der Waals surface area contributed by atoms with E-state index in [1.807, 2.05) is 6.92 Å². The van der Waals surface area contributed by atoms with Crippen LogP contribution in [0.15, 0.2) is 24.3 Å². The van der Waals surface area contributed by atoms with Crippen LogP contribution in [0.1, 0.15) is 59.3 Å². The van der Waals surface area contributed by atoms with Crippen LogP contribution in [0.25, 0.3) is 0 Å². The van der Waals surface area contributed by atoms with E-state index in [2.05, 4.69) is 4.74 Å². The molecular formula is C24H36F4O4. The fraction of sp³-hybridized carbons (Fsp3) is 0.792. The minimum atomic E-state index is -4.55. The molecule has 8 heteroatoms. The molecule has 1 saturated carbocycles. The quantitative estimate of drug-likeness (QED) is 0.262. The Bertz CT molecular complexity index is 677. The molecule has 1 saturated heterocycles. The van der Waals surface area contributed by atoms with Gasteiger partial charge in [-0.25, -0.2) is 4.39 Å². The highest BCUT2D eigenvalue weighted by Crippen LogP contribution is 2.50. The Morgan fingerprint density at radius 2 is 2.00 bits per heavy atom. The van der Waals surface area contributed by atoms with Crippen molar-refractivity contribution >= 4 is 5.97 Å². The van der Waals surface area contributed by atoms with Crippen LogP contribution >= 0.6 is 0 Å². The minimum Gasteiger partial charge on any atom is -0.469 e. The first-order valence-corrected chi connectivity index (χ1v) is 11.4. The highest BCUT2D eigenvalue weighted by atomic mass is 19.4. The van der Waals surface area contributed by atoms with Gasteiger partial charge in [0, 0.05) is 12.3 Å². The van der Waals surface area contributed by atoms with Crippen molar-refractivity contribution in [3.8, 4) is 0 Å². The van der Waals surface area contributed by atoms with Crippen molar-refractivity contribution in [2.75, 3.05) is 7.11 Å². The van der Waals surface area contributed by atoms with Gasteiger partial charge in [0.2, 0.25) is 0 Å². The summed E-state index contributed by atoms with van der Waals surface area (Å²) >= 11 is 0. The number of hydrogen-bond acceptors (Lipinski definition) is 4. The van der Waals surface area contributed by atoms with Crippen LogP contribution in [0.2, 0.25) is 0 Å². The lowest BCUT2D eigenvalue weighted by Crippen LogP contribution is -2.44. The number of rotatable bonds is 10. The molecule has 1 heterocycles. The predicted molar refractivity (Wildman–Crippen MR) is 114 cm³/mol. The Balaban J connectivity index is 2.07. The molecule has 184 valence electrons. The second-order valence-corrected chi connectivity index (χ2v) is 9.34. The fourth-order valence-corrected chi connectivity index (χ4v) is 4.82. The van der Waals surface area contributed by atoms with Crippen LogP contribution in [0.3, 0.4) is 0 Å². The highest BCUT2D eigenvalue weighted by molar-refractivity contribution is 5.69. The van der Waals surface area contributed by atoms with Crippen LogP contribution in [-0.4, -0.2) is 48.8 Å². The molecule has 3 unspecified atom stereocenters. The molecule has 0 radical (unpaired) electrons. The predicted octanol–water partition coefficient (Wildman–Crippen LogP) is 5.55. The summed E-state index contributed by atoms with van der Waals surface area (Å²) < 4.78 is 66.7. The SMILES string of the molecule is CCCCC(C)([C@H](O)/C=C/[C@@H]1[C@H]2C(F)C(/C=C/CCC(=O)OC)O[C@H]2C[C@H]1C)C(F)(F)F. The lowest BCUT2D eigenvalue weighted by molar-refractivity contribution is -0.244. The lowest BCUT2D eigenvalue weighted by Gasteiger charge is -2.35. The van der Waals surface area contributed by atoms with E-state index in [4.69, 9.17) is 4.74 Å². The van der Waals surface area contributed by atoms with Crippen molar-refractivity contribution in [2.24, 2.45) is 23.2 Å². The number of allylic oxidation sites excluding steroid dienone is 2. The summed E-state index contributed by atoms with van der Waals surface area (Å²) in [6.45, 7) is 4.78. The fourth-order valence-electron chi connectivity index (χ4n) is 4.82. The van der Waals surface area contributed by atoms with E-state index in [9.17, 15) is 23.1 Å². The van der Waals surface area contributed by atoms with Gasteiger partial charge in [0.25, 0.3) is 0 Å². The Hall–Kier alpha value is -1.41. The number of methoxy groups -OCH3 is 1. The number of aliphatic hydroxyl groups is 1. The summed E-state index contributed by atoms with van der Waals surface area (Å²) in [6, 6.07) is 0. The van der Waals surface area contributed by atoms with Gasteiger partial charge in [-0.05, 0) is 38.0 Å². The number of alkyl halides is 4. The monoisotopic (exact) mass is 464 g/mol. The van der Waals surface area contributed by atoms with E-state index in [1.165, 1.54) is 13.2 Å². The molecule has 2 aliphatic rings. The van der Waals surface area contributed by atoms with Gasteiger partial charge in [0.1, 0.15) is 12.3 Å². The normalized spacial score (nSPS) is 33.5. The van der Waals surface area contributed by atoms with Crippen molar-refractivity contribution in [2.45, 2.75) is 90.0 Å². The molecule has 0 spiro atoms. The number of ether oxygens (including phenoxy) is 2. The maximum Gasteiger partial charge on any atom is 0.397 e. The van der Waals surface area contributed by atoms with Crippen molar-refractivity contribution < 1.29 is 36.9 Å². The van der Waals surface area contributed by atoms with Crippen LogP contribution in [-0.2, 0) is 14.3 Å². The largest absolute Gasteiger partial charge is 0.469 e. The lowest BCUT2D eigenvalue weighted by atomic mass is 9.77. The Kier molecular flexibility index (Phi) is 9.35. The number of carbonyl (C=O) groups excluding carboxylic acids is 1. The Morgan fingerprint density at radius 1 is 1.31 bits per heavy atom. The number of esters is 1. The zero-order chi connectivity index (χ0) is 24.1. The third kappa shape index (κ3) is 5.93.